The van der Waals surface area contributed by atoms with Crippen molar-refractivity contribution in [1.82, 2.24) is 0 Å². The van der Waals surface area contributed by atoms with Crippen LogP contribution in [0.15, 0.2) is 30.2 Å². The van der Waals surface area contributed by atoms with Crippen molar-refractivity contribution in [2.75, 3.05) is 14.2 Å². The molecule has 0 radical (unpaired) electrons. The van der Waals surface area contributed by atoms with E-state index in [0.717, 1.165) is 6.26 Å². The van der Waals surface area contributed by atoms with Gasteiger partial charge < -0.3 is 18.9 Å². The largest absolute Gasteiger partial charge is 0.500 e. The predicted octanol–water partition coefficient (Wildman–Crippen LogP) is 1.40. The Labute approximate surface area is 109 Å². The van der Waals surface area contributed by atoms with E-state index in [-0.39, 0.29) is 18.1 Å². The molecule has 0 saturated heterocycles. The molecule has 0 spiro atoms. The standard InChI is InChI=1S/C13H12O6/c1-16-7-10(12(14)17-2)19-9-5-3-4-8-6-18-13(15)11(8)9/h3-5,7H,6H2,1-2H3/b10-7+. The van der Waals surface area contributed by atoms with E-state index in [1.54, 1.807) is 18.2 Å². The van der Waals surface area contributed by atoms with Gasteiger partial charge in [-0.05, 0) is 6.07 Å². The molecule has 6 heteroatoms. The number of fused-ring (bicyclic) bond motifs is 1. The lowest BCUT2D eigenvalue weighted by atomic mass is 10.1. The van der Waals surface area contributed by atoms with Gasteiger partial charge in [-0.1, -0.05) is 12.1 Å². The van der Waals surface area contributed by atoms with Gasteiger partial charge in [-0.3, -0.25) is 0 Å². The molecule has 1 aliphatic rings. The van der Waals surface area contributed by atoms with Crippen molar-refractivity contribution in [3.8, 4) is 5.75 Å². The summed E-state index contributed by atoms with van der Waals surface area (Å²) in [5.74, 6) is -1.11. The van der Waals surface area contributed by atoms with Crippen LogP contribution in [-0.2, 0) is 25.6 Å². The zero-order chi connectivity index (χ0) is 13.8. The Bertz CT molecular complexity index is 546. The minimum Gasteiger partial charge on any atom is -0.500 e. The van der Waals surface area contributed by atoms with Gasteiger partial charge in [0.2, 0.25) is 5.76 Å². The van der Waals surface area contributed by atoms with Crippen molar-refractivity contribution in [2.45, 2.75) is 6.61 Å². The molecule has 0 atom stereocenters. The average molecular weight is 264 g/mol. The first-order valence-corrected chi connectivity index (χ1v) is 5.45. The predicted molar refractivity (Wildman–Crippen MR) is 63.3 cm³/mol. The molecule has 0 aliphatic carbocycles. The smallest absolute Gasteiger partial charge is 0.377 e. The summed E-state index contributed by atoms with van der Waals surface area (Å²) in [5, 5.41) is 0. The summed E-state index contributed by atoms with van der Waals surface area (Å²) in [6, 6.07) is 5.03. The molecular weight excluding hydrogens is 252 g/mol. The Morgan fingerprint density at radius 3 is 2.84 bits per heavy atom. The average Bonchev–Trinajstić information content (AvgIpc) is 2.80. The van der Waals surface area contributed by atoms with Crippen LogP contribution >= 0.6 is 0 Å². The lowest BCUT2D eigenvalue weighted by Gasteiger charge is -2.09. The molecule has 0 N–H and O–H groups in total. The van der Waals surface area contributed by atoms with E-state index in [1.807, 2.05) is 0 Å². The highest BCUT2D eigenvalue weighted by atomic mass is 16.6. The fourth-order valence-electron chi connectivity index (χ4n) is 1.67. The Balaban J connectivity index is 2.33. The van der Waals surface area contributed by atoms with Gasteiger partial charge in [0.1, 0.15) is 24.2 Å². The highest BCUT2D eigenvalue weighted by Crippen LogP contribution is 2.30. The molecular formula is C13H12O6. The van der Waals surface area contributed by atoms with Gasteiger partial charge in [0.05, 0.1) is 14.2 Å². The van der Waals surface area contributed by atoms with Gasteiger partial charge in [-0.25, -0.2) is 9.59 Å². The maximum Gasteiger partial charge on any atom is 0.377 e. The summed E-state index contributed by atoms with van der Waals surface area (Å²) < 4.78 is 19.6. The summed E-state index contributed by atoms with van der Waals surface area (Å²) in [4.78, 5) is 23.1. The number of esters is 2. The quantitative estimate of drug-likeness (QED) is 0.465. The molecule has 1 heterocycles. The van der Waals surface area contributed by atoms with E-state index in [4.69, 9.17) is 14.2 Å². The van der Waals surface area contributed by atoms with Crippen LogP contribution in [0.2, 0.25) is 0 Å². The molecule has 0 bridgehead atoms. The highest BCUT2D eigenvalue weighted by Gasteiger charge is 2.27. The van der Waals surface area contributed by atoms with Crippen LogP contribution in [0.4, 0.5) is 0 Å². The summed E-state index contributed by atoms with van der Waals surface area (Å²) >= 11 is 0. The molecule has 0 fully saturated rings. The molecule has 6 nitrogen and oxygen atoms in total. The molecule has 0 unspecified atom stereocenters. The van der Waals surface area contributed by atoms with Gasteiger partial charge in [0.15, 0.2) is 0 Å². The number of benzene rings is 1. The molecule has 1 aliphatic heterocycles. The normalized spacial score (nSPS) is 13.6. The summed E-state index contributed by atoms with van der Waals surface area (Å²) in [5.41, 5.74) is 1.03. The maximum atomic E-state index is 11.6. The highest BCUT2D eigenvalue weighted by molar-refractivity contribution is 5.96. The number of rotatable bonds is 4. The molecule has 1 aromatic carbocycles. The Morgan fingerprint density at radius 1 is 1.37 bits per heavy atom. The number of carbonyl (C=O) groups is 2. The summed E-state index contributed by atoms with van der Waals surface area (Å²) in [6.45, 7) is 0.201. The third kappa shape index (κ3) is 2.52. The van der Waals surface area contributed by atoms with Crippen molar-refractivity contribution in [3.05, 3.63) is 41.3 Å². The van der Waals surface area contributed by atoms with Gasteiger partial charge in [-0.2, -0.15) is 0 Å². The number of ether oxygens (including phenoxy) is 4. The first-order valence-electron chi connectivity index (χ1n) is 5.45. The van der Waals surface area contributed by atoms with E-state index < -0.39 is 11.9 Å². The van der Waals surface area contributed by atoms with E-state index in [1.165, 1.54) is 14.2 Å². The number of methoxy groups -OCH3 is 2. The number of hydrogen-bond donors (Lipinski definition) is 0. The van der Waals surface area contributed by atoms with Crippen molar-refractivity contribution >= 4 is 11.9 Å². The van der Waals surface area contributed by atoms with Crippen LogP contribution in [0.3, 0.4) is 0 Å². The van der Waals surface area contributed by atoms with E-state index >= 15 is 0 Å². The van der Waals surface area contributed by atoms with Crippen LogP contribution < -0.4 is 4.74 Å². The van der Waals surface area contributed by atoms with Gasteiger partial charge in [0, 0.05) is 5.56 Å². The van der Waals surface area contributed by atoms with Gasteiger partial charge in [0.25, 0.3) is 0 Å². The van der Waals surface area contributed by atoms with E-state index in [2.05, 4.69) is 4.74 Å². The molecule has 1 aromatic rings. The minimum absolute atomic E-state index is 0.155. The number of carbonyl (C=O) groups excluding carboxylic acids is 2. The van der Waals surface area contributed by atoms with Crippen molar-refractivity contribution < 1.29 is 28.5 Å². The van der Waals surface area contributed by atoms with Crippen molar-refractivity contribution in [1.29, 1.82) is 0 Å². The Hall–Kier alpha value is -2.50. The monoisotopic (exact) mass is 264 g/mol. The number of hydrogen-bond acceptors (Lipinski definition) is 6. The van der Waals surface area contributed by atoms with Crippen LogP contribution in [-0.4, -0.2) is 26.2 Å². The van der Waals surface area contributed by atoms with Crippen LogP contribution in [0.25, 0.3) is 0 Å². The maximum absolute atomic E-state index is 11.6. The zero-order valence-corrected chi connectivity index (χ0v) is 10.5. The third-order valence-electron chi connectivity index (χ3n) is 2.51. The second-order valence-corrected chi connectivity index (χ2v) is 3.68. The first-order chi connectivity index (χ1) is 9.17. The lowest BCUT2D eigenvalue weighted by molar-refractivity contribution is -0.138. The van der Waals surface area contributed by atoms with Crippen molar-refractivity contribution in [3.63, 3.8) is 0 Å². The second kappa shape index (κ2) is 5.43. The SMILES string of the molecule is CO/C=C(/Oc1cccc2c1C(=O)OC2)C(=O)OC. The minimum atomic E-state index is -0.703. The topological polar surface area (TPSA) is 71.1 Å². The van der Waals surface area contributed by atoms with Crippen LogP contribution in [0.1, 0.15) is 15.9 Å². The molecule has 100 valence electrons. The lowest BCUT2D eigenvalue weighted by Crippen LogP contribution is -2.12. The summed E-state index contributed by atoms with van der Waals surface area (Å²) in [7, 11) is 2.59. The van der Waals surface area contributed by atoms with Crippen molar-refractivity contribution in [2.24, 2.45) is 0 Å². The van der Waals surface area contributed by atoms with Gasteiger partial charge in [-0.15, -0.1) is 0 Å². The number of cyclic esters (lactones) is 1. The second-order valence-electron chi connectivity index (χ2n) is 3.68. The Morgan fingerprint density at radius 2 is 2.16 bits per heavy atom. The molecule has 2 rings (SSSR count). The fourth-order valence-corrected chi connectivity index (χ4v) is 1.67. The van der Waals surface area contributed by atoms with Crippen LogP contribution in [0, 0.1) is 0 Å². The molecule has 0 aromatic heterocycles. The molecule has 0 saturated carbocycles. The third-order valence-corrected chi connectivity index (χ3v) is 2.51. The summed E-state index contributed by atoms with van der Waals surface area (Å²) in [6.07, 6.45) is 1.10. The first kappa shape index (κ1) is 12.9. The zero-order valence-electron chi connectivity index (χ0n) is 10.5. The van der Waals surface area contributed by atoms with Crippen LogP contribution in [0.5, 0.6) is 5.75 Å². The van der Waals surface area contributed by atoms with E-state index in [9.17, 15) is 9.59 Å². The fraction of sp³-hybridized carbons (Fsp3) is 0.231. The molecule has 0 amide bonds. The molecule has 19 heavy (non-hydrogen) atoms. The Kier molecular flexibility index (Phi) is 3.70. The van der Waals surface area contributed by atoms with E-state index in [0.29, 0.717) is 11.1 Å². The van der Waals surface area contributed by atoms with Gasteiger partial charge >= 0.3 is 11.9 Å².